The number of nitrogen functional groups attached to an aromatic ring is 1. The summed E-state index contributed by atoms with van der Waals surface area (Å²) in [5.41, 5.74) is 4.23. The van der Waals surface area contributed by atoms with E-state index in [1.807, 2.05) is 0 Å². The van der Waals surface area contributed by atoms with Crippen LogP contribution in [-0.4, -0.2) is 57.9 Å². The van der Waals surface area contributed by atoms with E-state index in [9.17, 15) is 24.5 Å². The number of hydrogen-bond acceptors (Lipinski definition) is 7. The highest BCUT2D eigenvalue weighted by Gasteiger charge is 2.41. The third-order valence-electron chi connectivity index (χ3n) is 3.95. The highest BCUT2D eigenvalue weighted by Crippen LogP contribution is 2.32. The highest BCUT2D eigenvalue weighted by atomic mass is 16.6. The Hall–Kier alpha value is -3.17. The number of rotatable bonds is 4. The van der Waals surface area contributed by atoms with E-state index in [1.54, 1.807) is 27.7 Å². The molecule has 10 nitrogen and oxygen atoms in total. The molecule has 2 N–H and O–H groups in total. The van der Waals surface area contributed by atoms with Crippen LogP contribution in [0.2, 0.25) is 0 Å². The average molecular weight is 378 g/mol. The summed E-state index contributed by atoms with van der Waals surface area (Å²) in [6.07, 6.45) is -0.592. The van der Waals surface area contributed by atoms with Crippen molar-refractivity contribution in [2.45, 2.75) is 39.3 Å². The Morgan fingerprint density at radius 2 is 1.81 bits per heavy atom. The zero-order chi connectivity index (χ0) is 20.7. The summed E-state index contributed by atoms with van der Waals surface area (Å²) in [7, 11) is 1.49. The molecule has 146 valence electrons. The Balaban J connectivity index is 2.22. The molecule has 27 heavy (non-hydrogen) atoms. The van der Waals surface area contributed by atoms with Crippen molar-refractivity contribution in [3.05, 3.63) is 33.4 Å². The summed E-state index contributed by atoms with van der Waals surface area (Å²) in [6, 6.07) is 1.47. The van der Waals surface area contributed by atoms with E-state index in [4.69, 9.17) is 10.5 Å². The lowest BCUT2D eigenvalue weighted by Gasteiger charge is -2.29. The Labute approximate surface area is 156 Å². The number of carbonyl (C=O) groups excluding carboxylic acids is 3. The molecule has 1 aliphatic rings. The molecule has 0 saturated carbocycles. The number of nitrogens with two attached hydrogens (primary N) is 1. The first-order valence-electron chi connectivity index (χ1n) is 8.23. The van der Waals surface area contributed by atoms with Gasteiger partial charge in [-0.25, -0.2) is 4.79 Å². The summed E-state index contributed by atoms with van der Waals surface area (Å²) >= 11 is 0. The van der Waals surface area contributed by atoms with Crippen LogP contribution < -0.4 is 5.73 Å². The van der Waals surface area contributed by atoms with Gasteiger partial charge in [0.2, 0.25) is 0 Å². The van der Waals surface area contributed by atoms with Gasteiger partial charge in [0.1, 0.15) is 11.3 Å². The van der Waals surface area contributed by atoms with Gasteiger partial charge in [-0.2, -0.15) is 0 Å². The molecule has 1 aliphatic heterocycles. The largest absolute Gasteiger partial charge is 0.444 e. The summed E-state index contributed by atoms with van der Waals surface area (Å²) in [4.78, 5) is 49.8. The van der Waals surface area contributed by atoms with Crippen molar-refractivity contribution >= 4 is 29.3 Å². The van der Waals surface area contributed by atoms with Crippen LogP contribution in [0.25, 0.3) is 0 Å². The van der Waals surface area contributed by atoms with Crippen LogP contribution in [0.1, 0.15) is 48.4 Å². The number of nitro benzene ring substituents is 1. The smallest absolute Gasteiger partial charge is 0.410 e. The van der Waals surface area contributed by atoms with Gasteiger partial charge >= 0.3 is 6.09 Å². The van der Waals surface area contributed by atoms with Crippen LogP contribution in [0.4, 0.5) is 16.2 Å². The van der Waals surface area contributed by atoms with Crippen molar-refractivity contribution in [1.29, 1.82) is 0 Å². The first-order valence-corrected chi connectivity index (χ1v) is 8.23. The SMILES string of the molecule is CC(CN(C)C(=O)OC(C)(C)C)N1C(=O)c2cc(N)c([N+](=O)[O-])cc2C1=O. The van der Waals surface area contributed by atoms with Gasteiger partial charge < -0.3 is 15.4 Å². The number of nitro groups is 1. The number of likely N-dealkylation sites (N-methyl/N-ethyl adjacent to an activating group) is 1. The summed E-state index contributed by atoms with van der Waals surface area (Å²) in [5.74, 6) is -1.27. The zero-order valence-electron chi connectivity index (χ0n) is 15.8. The fourth-order valence-corrected chi connectivity index (χ4v) is 2.76. The third-order valence-corrected chi connectivity index (χ3v) is 3.95. The first kappa shape index (κ1) is 20.1. The molecule has 0 aromatic heterocycles. The number of nitrogens with zero attached hydrogens (tertiary/aromatic N) is 3. The molecule has 1 aromatic carbocycles. The fraction of sp³-hybridized carbons (Fsp3) is 0.471. The Kier molecular flexibility index (Phi) is 5.12. The van der Waals surface area contributed by atoms with Crippen LogP contribution in [0.3, 0.4) is 0 Å². The molecular formula is C17H22N4O6. The standard InChI is InChI=1S/C17H22N4O6/c1-9(8-19(5)16(24)27-17(2,3)4)20-14(22)10-6-12(18)13(21(25)26)7-11(10)15(20)23/h6-7,9H,8,18H2,1-5H3. The van der Waals surface area contributed by atoms with Gasteiger partial charge in [0.25, 0.3) is 17.5 Å². The predicted octanol–water partition coefficient (Wildman–Crippen LogP) is 2.03. The molecule has 0 aliphatic carbocycles. The van der Waals surface area contributed by atoms with E-state index in [-0.39, 0.29) is 23.4 Å². The van der Waals surface area contributed by atoms with E-state index in [0.717, 1.165) is 17.0 Å². The molecule has 10 heteroatoms. The van der Waals surface area contributed by atoms with Crippen LogP contribution in [0.15, 0.2) is 12.1 Å². The lowest BCUT2D eigenvalue weighted by atomic mass is 10.1. The second-order valence-corrected chi connectivity index (χ2v) is 7.40. The van der Waals surface area contributed by atoms with Gasteiger partial charge in [0, 0.05) is 19.7 Å². The van der Waals surface area contributed by atoms with E-state index < -0.39 is 40.2 Å². The number of anilines is 1. The lowest BCUT2D eigenvalue weighted by Crippen LogP contribution is -2.46. The monoisotopic (exact) mass is 378 g/mol. The maximum atomic E-state index is 12.6. The number of hydrogen-bond donors (Lipinski definition) is 1. The highest BCUT2D eigenvalue weighted by molar-refractivity contribution is 6.22. The van der Waals surface area contributed by atoms with Gasteiger partial charge in [0.15, 0.2) is 0 Å². The normalized spacial score (nSPS) is 14.8. The van der Waals surface area contributed by atoms with Crippen LogP contribution in [0, 0.1) is 10.1 Å². The van der Waals surface area contributed by atoms with Crippen molar-refractivity contribution in [2.75, 3.05) is 19.3 Å². The lowest BCUT2D eigenvalue weighted by molar-refractivity contribution is -0.383. The Bertz CT molecular complexity index is 829. The molecule has 2 rings (SSSR count). The Morgan fingerprint density at radius 3 is 2.30 bits per heavy atom. The van der Waals surface area contributed by atoms with Crippen molar-refractivity contribution in [1.82, 2.24) is 9.80 Å². The molecule has 0 bridgehead atoms. The second kappa shape index (κ2) is 6.86. The maximum Gasteiger partial charge on any atom is 0.410 e. The molecule has 0 saturated heterocycles. The molecule has 0 spiro atoms. The summed E-state index contributed by atoms with van der Waals surface area (Å²) in [5, 5.41) is 11.0. The zero-order valence-corrected chi connectivity index (χ0v) is 15.8. The quantitative estimate of drug-likeness (QED) is 0.366. The van der Waals surface area contributed by atoms with Crippen molar-refractivity contribution in [2.24, 2.45) is 0 Å². The van der Waals surface area contributed by atoms with E-state index in [1.165, 1.54) is 11.9 Å². The minimum Gasteiger partial charge on any atom is -0.444 e. The molecular weight excluding hydrogens is 356 g/mol. The molecule has 0 fully saturated rings. The molecule has 1 unspecified atom stereocenters. The van der Waals surface area contributed by atoms with Crippen LogP contribution in [-0.2, 0) is 4.74 Å². The average Bonchev–Trinajstić information content (AvgIpc) is 2.75. The third kappa shape index (κ3) is 3.99. The minimum atomic E-state index is -0.713. The first-order chi connectivity index (χ1) is 12.3. The van der Waals surface area contributed by atoms with Gasteiger partial charge in [-0.05, 0) is 33.8 Å². The number of ether oxygens (including phenoxy) is 1. The topological polar surface area (TPSA) is 136 Å². The molecule has 1 aromatic rings. The van der Waals surface area contributed by atoms with Gasteiger partial charge in [-0.3, -0.25) is 24.6 Å². The van der Waals surface area contributed by atoms with Crippen molar-refractivity contribution in [3.8, 4) is 0 Å². The molecule has 0 radical (unpaired) electrons. The molecule has 1 heterocycles. The number of amides is 3. The summed E-state index contributed by atoms with van der Waals surface area (Å²) in [6.45, 7) is 6.81. The predicted molar refractivity (Wildman–Crippen MR) is 96.3 cm³/mol. The summed E-state index contributed by atoms with van der Waals surface area (Å²) < 4.78 is 5.24. The minimum absolute atomic E-state index is 0.00914. The van der Waals surface area contributed by atoms with Crippen molar-refractivity contribution in [3.63, 3.8) is 0 Å². The number of benzene rings is 1. The Morgan fingerprint density at radius 1 is 1.30 bits per heavy atom. The second-order valence-electron chi connectivity index (χ2n) is 7.40. The van der Waals surface area contributed by atoms with Gasteiger partial charge in [-0.1, -0.05) is 0 Å². The molecule has 3 amide bonds. The maximum absolute atomic E-state index is 12.6. The van der Waals surface area contributed by atoms with Gasteiger partial charge in [0.05, 0.1) is 22.1 Å². The van der Waals surface area contributed by atoms with Crippen LogP contribution >= 0.6 is 0 Å². The van der Waals surface area contributed by atoms with E-state index in [2.05, 4.69) is 0 Å². The van der Waals surface area contributed by atoms with Gasteiger partial charge in [-0.15, -0.1) is 0 Å². The van der Waals surface area contributed by atoms with Crippen LogP contribution in [0.5, 0.6) is 0 Å². The number of imide groups is 1. The van der Waals surface area contributed by atoms with E-state index in [0.29, 0.717) is 0 Å². The number of carbonyl (C=O) groups is 3. The van der Waals surface area contributed by atoms with E-state index >= 15 is 0 Å². The fourth-order valence-electron chi connectivity index (χ4n) is 2.76. The molecule has 1 atom stereocenters. The van der Waals surface area contributed by atoms with Crippen molar-refractivity contribution < 1.29 is 24.0 Å². The number of fused-ring (bicyclic) bond motifs is 1.